The first-order valence-electron chi connectivity index (χ1n) is 11.2. The van der Waals surface area contributed by atoms with Crippen LogP contribution in [0.5, 0.6) is 11.5 Å². The van der Waals surface area contributed by atoms with Crippen molar-refractivity contribution in [3.8, 4) is 23.0 Å². The van der Waals surface area contributed by atoms with Crippen molar-refractivity contribution in [3.05, 3.63) is 78.4 Å². The number of halogens is 2. The maximum atomic E-state index is 14.8. The highest BCUT2D eigenvalue weighted by Gasteiger charge is 2.20. The Labute approximate surface area is 209 Å². The number of aliphatic hydroxyl groups excluding tert-OH is 1. The maximum absolute atomic E-state index is 14.8. The number of aromatic nitrogens is 6. The highest BCUT2D eigenvalue weighted by atomic mass is 19.1. The van der Waals surface area contributed by atoms with Crippen LogP contribution in [0, 0.1) is 11.6 Å². The quantitative estimate of drug-likeness (QED) is 0.309. The molecule has 0 aliphatic carbocycles. The molecule has 37 heavy (non-hydrogen) atoms. The largest absolute Gasteiger partial charge is 0.491 e. The first-order chi connectivity index (χ1) is 18.1. The van der Waals surface area contributed by atoms with Crippen LogP contribution in [0.3, 0.4) is 0 Å². The lowest BCUT2D eigenvalue weighted by Gasteiger charge is -2.10. The zero-order valence-corrected chi connectivity index (χ0v) is 19.6. The second kappa shape index (κ2) is 10.5. The molecule has 2 aromatic carbocycles. The van der Waals surface area contributed by atoms with Crippen molar-refractivity contribution in [2.45, 2.75) is 6.54 Å². The predicted molar refractivity (Wildman–Crippen MR) is 131 cm³/mol. The maximum Gasteiger partial charge on any atom is 0.183 e. The molecule has 0 bridgehead atoms. The van der Waals surface area contributed by atoms with Gasteiger partial charge in [-0.05, 0) is 12.1 Å². The number of anilines is 2. The monoisotopic (exact) mass is 505 g/mol. The SMILES string of the molecule is COc1cnc(-c2nn(Cc3c(F)cc(OCCO)cc3F)c3ccccc23)nc1Nc1ccncn1. The summed E-state index contributed by atoms with van der Waals surface area (Å²) in [7, 11) is 1.50. The molecule has 0 saturated heterocycles. The van der Waals surface area contributed by atoms with Gasteiger partial charge in [0, 0.05) is 29.3 Å². The zero-order chi connectivity index (χ0) is 25.8. The second-order valence-electron chi connectivity index (χ2n) is 7.79. The van der Waals surface area contributed by atoms with Crippen molar-refractivity contribution >= 4 is 22.5 Å². The van der Waals surface area contributed by atoms with E-state index < -0.39 is 11.6 Å². The Morgan fingerprint density at radius 3 is 2.62 bits per heavy atom. The third-order valence-electron chi connectivity index (χ3n) is 5.46. The third kappa shape index (κ3) is 5.00. The minimum absolute atomic E-state index is 0.00541. The molecule has 0 unspecified atom stereocenters. The summed E-state index contributed by atoms with van der Waals surface area (Å²) in [5.74, 6) is -0.0442. The summed E-state index contributed by atoms with van der Waals surface area (Å²) in [4.78, 5) is 17.0. The highest BCUT2D eigenvalue weighted by molar-refractivity contribution is 5.92. The Balaban J connectivity index is 1.54. The topological polar surface area (TPSA) is 120 Å². The van der Waals surface area contributed by atoms with E-state index >= 15 is 0 Å². The zero-order valence-electron chi connectivity index (χ0n) is 19.6. The summed E-state index contributed by atoms with van der Waals surface area (Å²) in [6.07, 6.45) is 4.49. The molecule has 5 rings (SSSR count). The van der Waals surface area contributed by atoms with Crippen molar-refractivity contribution in [1.82, 2.24) is 29.7 Å². The van der Waals surface area contributed by atoms with Crippen molar-refractivity contribution in [1.29, 1.82) is 0 Å². The van der Waals surface area contributed by atoms with E-state index in [9.17, 15) is 8.78 Å². The minimum atomic E-state index is -0.786. The molecule has 0 aliphatic rings. The number of methoxy groups -OCH3 is 1. The number of hydrogen-bond acceptors (Lipinski definition) is 9. The van der Waals surface area contributed by atoms with Crippen molar-refractivity contribution in [3.63, 3.8) is 0 Å². The van der Waals surface area contributed by atoms with E-state index in [2.05, 4.69) is 30.4 Å². The number of hydrogen-bond donors (Lipinski definition) is 2. The molecular formula is C25H21F2N7O3. The van der Waals surface area contributed by atoms with Crippen LogP contribution in [0.4, 0.5) is 20.4 Å². The number of nitrogens with one attached hydrogen (secondary N) is 1. The molecule has 0 spiro atoms. The fourth-order valence-electron chi connectivity index (χ4n) is 3.75. The van der Waals surface area contributed by atoms with Crippen LogP contribution in [-0.2, 0) is 6.54 Å². The molecule has 0 amide bonds. The molecule has 3 aromatic heterocycles. The minimum Gasteiger partial charge on any atom is -0.491 e. The Morgan fingerprint density at radius 2 is 1.89 bits per heavy atom. The first kappa shape index (κ1) is 24.0. The Morgan fingerprint density at radius 1 is 1.08 bits per heavy atom. The summed E-state index contributed by atoms with van der Waals surface area (Å²) in [6.45, 7) is -0.515. The molecule has 12 heteroatoms. The van der Waals surface area contributed by atoms with Crippen molar-refractivity contribution in [2.75, 3.05) is 25.6 Å². The number of aliphatic hydroxyl groups is 1. The average molecular weight is 505 g/mol. The molecule has 0 fully saturated rings. The van der Waals surface area contributed by atoms with Gasteiger partial charge in [-0.3, -0.25) is 4.68 Å². The normalized spacial score (nSPS) is 11.0. The number of ether oxygens (including phenoxy) is 2. The molecule has 0 aliphatic heterocycles. The van der Waals surface area contributed by atoms with E-state index in [4.69, 9.17) is 14.6 Å². The van der Waals surface area contributed by atoms with Crippen LogP contribution in [0.15, 0.2) is 61.2 Å². The van der Waals surface area contributed by atoms with Gasteiger partial charge < -0.3 is 19.9 Å². The summed E-state index contributed by atoms with van der Waals surface area (Å²) in [5, 5.41) is 17.3. The van der Waals surface area contributed by atoms with Crippen LogP contribution < -0.4 is 14.8 Å². The fourth-order valence-corrected chi connectivity index (χ4v) is 3.75. The Kier molecular flexibility index (Phi) is 6.81. The van der Waals surface area contributed by atoms with Gasteiger partial charge in [0.05, 0.1) is 32.0 Å². The van der Waals surface area contributed by atoms with E-state index in [1.165, 1.54) is 24.3 Å². The molecule has 2 N–H and O–H groups in total. The molecule has 188 valence electrons. The van der Waals surface area contributed by atoms with Gasteiger partial charge in [0.2, 0.25) is 0 Å². The summed E-state index contributed by atoms with van der Waals surface area (Å²) >= 11 is 0. The van der Waals surface area contributed by atoms with Crippen molar-refractivity contribution in [2.24, 2.45) is 0 Å². The summed E-state index contributed by atoms with van der Waals surface area (Å²) < 4.78 is 41.6. The lowest BCUT2D eigenvalue weighted by molar-refractivity contribution is 0.200. The number of nitrogens with zero attached hydrogens (tertiary/aromatic N) is 6. The smallest absolute Gasteiger partial charge is 0.183 e. The molecule has 0 atom stereocenters. The molecule has 5 aromatic rings. The lowest BCUT2D eigenvalue weighted by atomic mass is 10.1. The third-order valence-corrected chi connectivity index (χ3v) is 5.46. The predicted octanol–water partition coefficient (Wildman–Crippen LogP) is 3.73. The first-order valence-corrected chi connectivity index (χ1v) is 11.2. The van der Waals surface area contributed by atoms with Crippen molar-refractivity contribution < 1.29 is 23.4 Å². The van der Waals surface area contributed by atoms with Gasteiger partial charge in [-0.25, -0.2) is 28.7 Å². The van der Waals surface area contributed by atoms with E-state index in [1.807, 2.05) is 12.1 Å². The molecule has 0 radical (unpaired) electrons. The van der Waals surface area contributed by atoms with Gasteiger partial charge >= 0.3 is 0 Å². The van der Waals surface area contributed by atoms with Gasteiger partial charge in [-0.2, -0.15) is 5.10 Å². The summed E-state index contributed by atoms with van der Waals surface area (Å²) in [5.41, 5.74) is 0.882. The Hall–Kier alpha value is -4.71. The molecular weight excluding hydrogens is 484 g/mol. The van der Waals surface area contributed by atoms with Crippen LogP contribution in [-0.4, -0.2) is 55.1 Å². The van der Waals surface area contributed by atoms with E-state index in [1.54, 1.807) is 24.4 Å². The van der Waals surface area contributed by atoms with Gasteiger partial charge in [0.25, 0.3) is 0 Å². The molecule has 10 nitrogen and oxygen atoms in total. The standard InChI is InChI=1S/C25H21F2N7O3/c1-36-21-12-29-25(32-24(21)31-22-6-7-28-14-30-22)23-16-4-2-3-5-20(16)34(33-23)13-17-18(26)10-15(11-19(17)27)37-9-8-35/h2-7,10-12,14,35H,8-9,13H2,1H3,(H,28,29,30,31,32). The van der Waals surface area contributed by atoms with Gasteiger partial charge in [-0.15, -0.1) is 0 Å². The number of rotatable bonds is 9. The van der Waals surface area contributed by atoms with Gasteiger partial charge in [0.1, 0.15) is 41.8 Å². The van der Waals surface area contributed by atoms with Gasteiger partial charge in [-0.1, -0.05) is 18.2 Å². The molecule has 3 heterocycles. The number of para-hydroxylation sites is 1. The van der Waals surface area contributed by atoms with Crippen LogP contribution in [0.2, 0.25) is 0 Å². The van der Waals surface area contributed by atoms with Crippen LogP contribution >= 0.6 is 0 Å². The summed E-state index contributed by atoms with van der Waals surface area (Å²) in [6, 6.07) is 11.1. The van der Waals surface area contributed by atoms with Crippen LogP contribution in [0.1, 0.15) is 5.56 Å². The van der Waals surface area contributed by atoms with Crippen LogP contribution in [0.25, 0.3) is 22.4 Å². The second-order valence-corrected chi connectivity index (χ2v) is 7.79. The van der Waals surface area contributed by atoms with E-state index in [-0.39, 0.29) is 36.9 Å². The number of benzene rings is 2. The van der Waals surface area contributed by atoms with Gasteiger partial charge in [0.15, 0.2) is 17.4 Å². The molecule has 0 saturated carbocycles. The van der Waals surface area contributed by atoms with E-state index in [0.717, 1.165) is 12.1 Å². The average Bonchev–Trinajstić information content (AvgIpc) is 3.28. The Bertz CT molecular complexity index is 1520. The fraction of sp³-hybridized carbons (Fsp3) is 0.160. The number of fused-ring (bicyclic) bond motifs is 1. The lowest BCUT2D eigenvalue weighted by Crippen LogP contribution is -2.08. The highest BCUT2D eigenvalue weighted by Crippen LogP contribution is 2.31. The van der Waals surface area contributed by atoms with E-state index in [0.29, 0.717) is 34.0 Å².